The number of carbonyl (C=O) groups excluding carboxylic acids is 1. The highest BCUT2D eigenvalue weighted by Crippen LogP contribution is 2.42. The Morgan fingerprint density at radius 2 is 2.05 bits per heavy atom. The molecule has 1 amide bonds. The van der Waals surface area contributed by atoms with Gasteiger partial charge >= 0.3 is 0 Å². The van der Waals surface area contributed by atoms with Gasteiger partial charge in [-0.3, -0.25) is 4.79 Å². The van der Waals surface area contributed by atoms with Gasteiger partial charge in [0.1, 0.15) is 11.1 Å². The molecule has 1 aliphatic heterocycles. The van der Waals surface area contributed by atoms with Gasteiger partial charge in [-0.2, -0.15) is 0 Å². The van der Waals surface area contributed by atoms with Crippen LogP contribution in [0.5, 0.6) is 5.75 Å². The maximum Gasteiger partial charge on any atom is 0.236 e. The molecule has 2 rings (SSSR count). The normalized spacial score (nSPS) is 22.4. The number of hydrogen-bond acceptors (Lipinski definition) is 4. The number of nitrogens with zero attached hydrogens (tertiary/aromatic N) is 1. The molecule has 0 radical (unpaired) electrons. The van der Waals surface area contributed by atoms with E-state index >= 15 is 0 Å². The number of amides is 1. The molecule has 0 unspecified atom stereocenters. The fourth-order valence-corrected chi connectivity index (χ4v) is 3.61. The predicted molar refractivity (Wildman–Crippen MR) is 83.0 cm³/mol. The quantitative estimate of drug-likeness (QED) is 0.817. The first-order valence-electron chi connectivity index (χ1n) is 6.98. The zero-order valence-corrected chi connectivity index (χ0v) is 13.1. The summed E-state index contributed by atoms with van der Waals surface area (Å²) in [4.78, 5) is 14.2. The maximum atomic E-state index is 12.3. The molecule has 4 nitrogen and oxygen atoms in total. The number of hydrogen-bond donors (Lipinski definition) is 1. The lowest BCUT2D eigenvalue weighted by Crippen LogP contribution is -2.36. The molecule has 5 heteroatoms. The van der Waals surface area contributed by atoms with Crippen LogP contribution in [0.25, 0.3) is 0 Å². The van der Waals surface area contributed by atoms with E-state index in [2.05, 4.69) is 12.2 Å². The first-order valence-corrected chi connectivity index (χ1v) is 7.92. The summed E-state index contributed by atoms with van der Waals surface area (Å²) < 4.78 is 5.18. The van der Waals surface area contributed by atoms with Crippen molar-refractivity contribution in [3.8, 4) is 5.75 Å². The molecule has 0 aliphatic carbocycles. The minimum Gasteiger partial charge on any atom is -0.497 e. The van der Waals surface area contributed by atoms with Crippen LogP contribution in [-0.2, 0) is 4.79 Å². The fourth-order valence-electron chi connectivity index (χ4n) is 2.30. The SMILES string of the molecule is CCNCCN1C(=O)[C@H](C)S[C@@H]1c1ccc(OC)cc1. The summed E-state index contributed by atoms with van der Waals surface area (Å²) >= 11 is 1.71. The summed E-state index contributed by atoms with van der Waals surface area (Å²) in [6.45, 7) is 6.57. The Balaban J connectivity index is 2.12. The van der Waals surface area contributed by atoms with E-state index in [1.165, 1.54) is 0 Å². The molecule has 2 atom stereocenters. The molecular formula is C15H22N2O2S. The van der Waals surface area contributed by atoms with Gasteiger partial charge in [0.2, 0.25) is 5.91 Å². The van der Waals surface area contributed by atoms with E-state index in [4.69, 9.17) is 4.74 Å². The molecule has 0 saturated carbocycles. The first-order chi connectivity index (χ1) is 9.67. The number of likely N-dealkylation sites (N-methyl/N-ethyl adjacent to an activating group) is 1. The second kappa shape index (κ2) is 6.99. The number of ether oxygens (including phenoxy) is 1. The van der Waals surface area contributed by atoms with Crippen LogP contribution in [0.4, 0.5) is 0 Å². The van der Waals surface area contributed by atoms with Crippen LogP contribution in [0.1, 0.15) is 24.8 Å². The molecule has 1 N–H and O–H groups in total. The summed E-state index contributed by atoms with van der Waals surface area (Å²) in [5.74, 6) is 1.07. The van der Waals surface area contributed by atoms with Crippen LogP contribution in [0, 0.1) is 0 Å². The van der Waals surface area contributed by atoms with Crippen molar-refractivity contribution in [1.82, 2.24) is 10.2 Å². The molecule has 1 fully saturated rings. The average Bonchev–Trinajstić information content (AvgIpc) is 2.76. The molecule has 1 aromatic rings. The summed E-state index contributed by atoms with van der Waals surface area (Å²) in [6.07, 6.45) is 0. The van der Waals surface area contributed by atoms with Crippen molar-refractivity contribution in [3.63, 3.8) is 0 Å². The Hall–Kier alpha value is -1.20. The van der Waals surface area contributed by atoms with Crippen molar-refractivity contribution < 1.29 is 9.53 Å². The topological polar surface area (TPSA) is 41.6 Å². The van der Waals surface area contributed by atoms with E-state index < -0.39 is 0 Å². The largest absolute Gasteiger partial charge is 0.497 e. The molecule has 0 bridgehead atoms. The standard InChI is InChI=1S/C15H22N2O2S/c1-4-16-9-10-17-14(18)11(2)20-15(17)12-5-7-13(19-3)8-6-12/h5-8,11,15-16H,4,9-10H2,1-3H3/t11-,15+/m0/s1. The van der Waals surface area contributed by atoms with Crippen molar-refractivity contribution in [2.45, 2.75) is 24.5 Å². The van der Waals surface area contributed by atoms with E-state index in [-0.39, 0.29) is 16.5 Å². The molecule has 1 saturated heterocycles. The van der Waals surface area contributed by atoms with Crippen LogP contribution in [0.3, 0.4) is 0 Å². The van der Waals surface area contributed by atoms with Crippen molar-refractivity contribution in [1.29, 1.82) is 0 Å². The third-order valence-electron chi connectivity index (χ3n) is 3.43. The number of nitrogens with one attached hydrogen (secondary N) is 1. The van der Waals surface area contributed by atoms with E-state index in [9.17, 15) is 4.79 Å². The highest BCUT2D eigenvalue weighted by atomic mass is 32.2. The van der Waals surface area contributed by atoms with Gasteiger partial charge in [-0.15, -0.1) is 11.8 Å². The summed E-state index contributed by atoms with van der Waals surface area (Å²) in [7, 11) is 1.66. The number of thioether (sulfide) groups is 1. The average molecular weight is 294 g/mol. The number of carbonyl (C=O) groups is 1. The van der Waals surface area contributed by atoms with Gasteiger partial charge in [0.25, 0.3) is 0 Å². The van der Waals surface area contributed by atoms with Crippen LogP contribution >= 0.6 is 11.8 Å². The smallest absolute Gasteiger partial charge is 0.236 e. The lowest BCUT2D eigenvalue weighted by atomic mass is 10.2. The van der Waals surface area contributed by atoms with E-state index in [0.29, 0.717) is 0 Å². The maximum absolute atomic E-state index is 12.3. The predicted octanol–water partition coefficient (Wildman–Crippen LogP) is 2.27. The van der Waals surface area contributed by atoms with Gasteiger partial charge in [0, 0.05) is 13.1 Å². The minimum absolute atomic E-state index is 0.0312. The molecule has 1 aliphatic rings. The van der Waals surface area contributed by atoms with Gasteiger partial charge in [0.15, 0.2) is 0 Å². The lowest BCUT2D eigenvalue weighted by molar-refractivity contribution is -0.129. The molecule has 0 spiro atoms. The molecule has 0 aromatic heterocycles. The monoisotopic (exact) mass is 294 g/mol. The van der Waals surface area contributed by atoms with Crippen molar-refractivity contribution in [2.75, 3.05) is 26.7 Å². The Morgan fingerprint density at radius 1 is 1.35 bits per heavy atom. The highest BCUT2D eigenvalue weighted by Gasteiger charge is 2.37. The second-order valence-electron chi connectivity index (χ2n) is 4.79. The Morgan fingerprint density at radius 3 is 2.65 bits per heavy atom. The van der Waals surface area contributed by atoms with Gasteiger partial charge in [-0.25, -0.2) is 0 Å². The molecule has 1 heterocycles. The fraction of sp³-hybridized carbons (Fsp3) is 0.533. The Labute approximate surface area is 124 Å². The molecule has 110 valence electrons. The van der Waals surface area contributed by atoms with Gasteiger partial charge < -0.3 is 15.0 Å². The van der Waals surface area contributed by atoms with Crippen molar-refractivity contribution in [3.05, 3.63) is 29.8 Å². The van der Waals surface area contributed by atoms with Crippen LogP contribution in [0.2, 0.25) is 0 Å². The van der Waals surface area contributed by atoms with Gasteiger partial charge in [0.05, 0.1) is 12.4 Å². The van der Waals surface area contributed by atoms with Crippen LogP contribution < -0.4 is 10.1 Å². The third kappa shape index (κ3) is 3.27. The number of methoxy groups -OCH3 is 1. The lowest BCUT2D eigenvalue weighted by Gasteiger charge is -2.24. The first kappa shape index (κ1) is 15.2. The second-order valence-corrected chi connectivity index (χ2v) is 6.21. The minimum atomic E-state index is 0.0312. The van der Waals surface area contributed by atoms with Gasteiger partial charge in [-0.05, 0) is 31.2 Å². The Bertz CT molecular complexity index is 450. The van der Waals surface area contributed by atoms with Gasteiger partial charge in [-0.1, -0.05) is 19.1 Å². The van der Waals surface area contributed by atoms with E-state index in [1.807, 2.05) is 36.1 Å². The number of rotatable bonds is 6. The summed E-state index contributed by atoms with van der Waals surface area (Å²) in [5.41, 5.74) is 1.16. The number of benzene rings is 1. The highest BCUT2D eigenvalue weighted by molar-refractivity contribution is 8.01. The Kier molecular flexibility index (Phi) is 5.31. The van der Waals surface area contributed by atoms with Crippen molar-refractivity contribution >= 4 is 17.7 Å². The third-order valence-corrected chi connectivity index (χ3v) is 4.82. The summed E-state index contributed by atoms with van der Waals surface area (Å²) in [5, 5.41) is 3.42. The molecule has 20 heavy (non-hydrogen) atoms. The van der Waals surface area contributed by atoms with Crippen molar-refractivity contribution in [2.24, 2.45) is 0 Å². The molecular weight excluding hydrogens is 272 g/mol. The zero-order valence-electron chi connectivity index (χ0n) is 12.3. The zero-order chi connectivity index (χ0) is 14.5. The molecule has 1 aromatic carbocycles. The van der Waals surface area contributed by atoms with E-state index in [1.54, 1.807) is 18.9 Å². The summed E-state index contributed by atoms with van der Waals surface area (Å²) in [6, 6.07) is 7.99. The van der Waals surface area contributed by atoms with E-state index in [0.717, 1.165) is 30.9 Å². The van der Waals surface area contributed by atoms with Crippen LogP contribution in [0.15, 0.2) is 24.3 Å². The van der Waals surface area contributed by atoms with Crippen LogP contribution in [-0.4, -0.2) is 42.8 Å².